The second-order valence-electron chi connectivity index (χ2n) is 6.84. The predicted octanol–water partition coefficient (Wildman–Crippen LogP) is -7.44. The molecule has 0 bridgehead atoms. The lowest BCUT2D eigenvalue weighted by Crippen LogP contribution is -2.69. The smallest absolute Gasteiger partial charge is 0.218 e. The van der Waals surface area contributed by atoms with Crippen LogP contribution >= 0.6 is 0 Å². The van der Waals surface area contributed by atoms with Gasteiger partial charge in [0.15, 0.2) is 29.0 Å². The van der Waals surface area contributed by atoms with Crippen molar-refractivity contribution in [3.8, 4) is 0 Å². The molecule has 0 unspecified atom stereocenters. The standard InChI is InChI=1S/C13H23NO17S2/c1-27-13-9(31-33(24,25)26)7(18)8(10(30-13)11(19)20)29-12-4(14-32(21,22)23)6(17)5(16)3(2-15)28-12/h3-10,12-18H,2H2,1H3,(H,19,20)(H,21,22,23)(H,24,25,26)/p-3/t3-,4-,5-,6-,7+,8+,9-,10-,12-,13-/m1/s1. The Morgan fingerprint density at radius 1 is 1.00 bits per heavy atom. The van der Waals surface area contributed by atoms with Crippen molar-refractivity contribution in [1.29, 1.82) is 0 Å². The molecule has 0 spiro atoms. The highest BCUT2D eigenvalue weighted by atomic mass is 32.3. The first-order valence-corrected chi connectivity index (χ1v) is 11.6. The molecule has 0 aliphatic carbocycles. The lowest BCUT2D eigenvalue weighted by Gasteiger charge is -2.48. The molecule has 20 heteroatoms. The van der Waals surface area contributed by atoms with Gasteiger partial charge in [-0.1, -0.05) is 0 Å². The minimum absolute atomic E-state index is 0.881. The van der Waals surface area contributed by atoms with E-state index in [1.165, 1.54) is 4.72 Å². The van der Waals surface area contributed by atoms with E-state index in [1.807, 2.05) is 0 Å². The number of aliphatic hydroxyl groups excluding tert-OH is 4. The zero-order valence-corrected chi connectivity index (χ0v) is 18.0. The molecule has 2 aliphatic rings. The van der Waals surface area contributed by atoms with E-state index in [2.05, 4.69) is 8.92 Å². The quantitative estimate of drug-likeness (QED) is 0.138. The number of hydrogen-bond acceptors (Lipinski definition) is 17. The van der Waals surface area contributed by atoms with Gasteiger partial charge in [0.05, 0.1) is 12.6 Å². The maximum atomic E-state index is 11.5. The van der Waals surface area contributed by atoms with Crippen LogP contribution < -0.4 is 9.83 Å². The molecule has 0 aromatic carbocycles. The van der Waals surface area contributed by atoms with Crippen LogP contribution in [0.25, 0.3) is 0 Å². The van der Waals surface area contributed by atoms with Crippen LogP contribution in [0.15, 0.2) is 0 Å². The lowest BCUT2D eigenvalue weighted by atomic mass is 9.96. The van der Waals surface area contributed by atoms with Crippen molar-refractivity contribution in [3.63, 3.8) is 0 Å². The van der Waals surface area contributed by atoms with Crippen LogP contribution in [0.3, 0.4) is 0 Å². The summed E-state index contributed by atoms with van der Waals surface area (Å²) in [5.74, 6) is -2.07. The Kier molecular flexibility index (Phi) is 9.08. The number of rotatable bonds is 9. The summed E-state index contributed by atoms with van der Waals surface area (Å²) in [6.45, 7) is -0.978. The number of carbonyl (C=O) groups is 1. The summed E-state index contributed by atoms with van der Waals surface area (Å²) in [5, 5.41) is 51.3. The number of carboxylic acids is 1. The minimum atomic E-state index is -5.52. The number of carbonyl (C=O) groups excluding carboxylic acids is 1. The lowest BCUT2D eigenvalue weighted by molar-refractivity contribution is -0.364. The van der Waals surface area contributed by atoms with Gasteiger partial charge in [-0.3, -0.25) is 4.18 Å². The Morgan fingerprint density at radius 3 is 2.06 bits per heavy atom. The molecule has 0 aromatic rings. The second-order valence-corrected chi connectivity index (χ2v) is 9.00. The van der Waals surface area contributed by atoms with Gasteiger partial charge in [-0.25, -0.2) is 21.6 Å². The molecule has 0 radical (unpaired) electrons. The Bertz CT molecular complexity index is 895. The Hall–Kier alpha value is -1.11. The van der Waals surface area contributed by atoms with E-state index in [0.717, 1.165) is 7.11 Å². The molecular weight excluding hydrogens is 506 g/mol. The molecule has 194 valence electrons. The van der Waals surface area contributed by atoms with Crippen molar-refractivity contribution in [1.82, 2.24) is 4.72 Å². The van der Waals surface area contributed by atoms with Crippen molar-refractivity contribution < 1.29 is 79.4 Å². The number of nitrogens with one attached hydrogen (secondary N) is 1. The summed E-state index contributed by atoms with van der Waals surface area (Å²) >= 11 is 0. The molecule has 2 saturated heterocycles. The first kappa shape index (κ1) is 28.1. The molecule has 2 aliphatic heterocycles. The molecule has 2 fully saturated rings. The molecule has 0 amide bonds. The first-order valence-electron chi connectivity index (χ1n) is 8.82. The Morgan fingerprint density at radius 2 is 1.61 bits per heavy atom. The molecular formula is C13H20NO17S2-3. The van der Waals surface area contributed by atoms with Gasteiger partial charge in [0.25, 0.3) is 0 Å². The van der Waals surface area contributed by atoms with E-state index < -0.39 is 94.6 Å². The van der Waals surface area contributed by atoms with Crippen LogP contribution in [0.1, 0.15) is 0 Å². The van der Waals surface area contributed by atoms with Crippen LogP contribution in [-0.4, -0.2) is 127 Å². The summed E-state index contributed by atoms with van der Waals surface area (Å²) in [4.78, 5) is 11.5. The fraction of sp³-hybridized carbons (Fsp3) is 0.923. The van der Waals surface area contributed by atoms with Crippen LogP contribution in [-0.2, 0) is 48.6 Å². The minimum Gasteiger partial charge on any atom is -0.735 e. The maximum Gasteiger partial charge on any atom is 0.218 e. The van der Waals surface area contributed by atoms with E-state index in [0.29, 0.717) is 0 Å². The highest BCUT2D eigenvalue weighted by molar-refractivity contribution is 7.83. The van der Waals surface area contributed by atoms with Crippen molar-refractivity contribution in [3.05, 3.63) is 0 Å². The molecule has 33 heavy (non-hydrogen) atoms. The number of methoxy groups -OCH3 is 1. The summed E-state index contributed by atoms with van der Waals surface area (Å²) in [6.07, 6.45) is -19.0. The maximum absolute atomic E-state index is 11.5. The number of aliphatic hydroxyl groups is 4. The van der Waals surface area contributed by atoms with Crippen LogP contribution in [0, 0.1) is 0 Å². The van der Waals surface area contributed by atoms with Crippen LogP contribution in [0.2, 0.25) is 0 Å². The molecule has 0 aromatic heterocycles. The van der Waals surface area contributed by atoms with Gasteiger partial charge in [-0.15, -0.1) is 0 Å². The topological polar surface area (TPSA) is 294 Å². The monoisotopic (exact) mass is 526 g/mol. The summed E-state index contributed by atoms with van der Waals surface area (Å²) < 4.78 is 91.6. The zero-order valence-electron chi connectivity index (χ0n) is 16.4. The van der Waals surface area contributed by atoms with E-state index in [9.17, 15) is 56.3 Å². The van der Waals surface area contributed by atoms with E-state index in [4.69, 9.17) is 14.2 Å². The fourth-order valence-corrected chi connectivity index (χ4v) is 4.30. The van der Waals surface area contributed by atoms with E-state index in [-0.39, 0.29) is 0 Å². The first-order chi connectivity index (χ1) is 15.1. The average Bonchev–Trinajstić information content (AvgIpc) is 2.68. The highest BCUT2D eigenvalue weighted by Gasteiger charge is 2.53. The van der Waals surface area contributed by atoms with Crippen molar-refractivity contribution in [2.45, 2.75) is 61.3 Å². The Labute approximate surface area is 186 Å². The number of carboxylic acid groups (broad SMARTS) is 1. The van der Waals surface area contributed by atoms with Crippen molar-refractivity contribution in [2.75, 3.05) is 13.7 Å². The van der Waals surface area contributed by atoms with Gasteiger partial charge < -0.3 is 58.4 Å². The van der Waals surface area contributed by atoms with Gasteiger partial charge in [0, 0.05) is 7.11 Å². The third-order valence-corrected chi connectivity index (χ3v) is 5.69. The van der Waals surface area contributed by atoms with Gasteiger partial charge in [0.2, 0.25) is 10.4 Å². The molecule has 2 rings (SSSR count). The number of hydrogen-bond donors (Lipinski definition) is 5. The third kappa shape index (κ3) is 6.95. The van der Waals surface area contributed by atoms with E-state index >= 15 is 0 Å². The van der Waals surface area contributed by atoms with Crippen LogP contribution in [0.4, 0.5) is 0 Å². The van der Waals surface area contributed by atoms with Gasteiger partial charge >= 0.3 is 0 Å². The number of ether oxygens (including phenoxy) is 4. The van der Waals surface area contributed by atoms with Gasteiger partial charge in [-0.05, 0) is 0 Å². The molecule has 10 atom stereocenters. The zero-order chi connectivity index (χ0) is 25.3. The molecule has 5 N–H and O–H groups in total. The Balaban J connectivity index is 2.42. The highest BCUT2D eigenvalue weighted by Crippen LogP contribution is 2.31. The van der Waals surface area contributed by atoms with Crippen molar-refractivity contribution >= 4 is 26.7 Å². The molecule has 2 heterocycles. The van der Waals surface area contributed by atoms with Crippen LogP contribution in [0.5, 0.6) is 0 Å². The van der Waals surface area contributed by atoms with Gasteiger partial charge in [-0.2, -0.15) is 0 Å². The summed E-state index contributed by atoms with van der Waals surface area (Å²) in [7, 11) is -9.99. The fourth-order valence-electron chi connectivity index (χ4n) is 3.24. The number of aliphatic carboxylic acids is 1. The molecule has 18 nitrogen and oxygen atoms in total. The molecule has 0 saturated carbocycles. The van der Waals surface area contributed by atoms with E-state index in [1.54, 1.807) is 0 Å². The summed E-state index contributed by atoms with van der Waals surface area (Å²) in [5.41, 5.74) is 0. The summed E-state index contributed by atoms with van der Waals surface area (Å²) in [6, 6.07) is -2.12. The average molecular weight is 526 g/mol. The largest absolute Gasteiger partial charge is 0.735 e. The SMILES string of the molecule is CO[C@@H]1O[C@@H](C(=O)[O-])[C@@H](O[C@H]2O[C@H](CO)[C@@H](O)[C@H](O)[C@H]2NS(=O)(=O)[O-])[C@H](O)[C@H]1OS(=O)(=O)[O-]. The predicted molar refractivity (Wildman–Crippen MR) is 90.5 cm³/mol. The van der Waals surface area contributed by atoms with Crippen molar-refractivity contribution in [2.24, 2.45) is 0 Å². The second kappa shape index (κ2) is 10.7. The third-order valence-electron chi connectivity index (χ3n) is 4.67. The normalized spacial score (nSPS) is 40.5. The van der Waals surface area contributed by atoms with Gasteiger partial charge in [0.1, 0.15) is 42.7 Å².